The molecule has 142 valence electrons. The highest BCUT2D eigenvalue weighted by molar-refractivity contribution is 14.0. The number of nitrogens with two attached hydrogens (primary N) is 1. The fraction of sp³-hybridized carbons (Fsp3) is 0.316. The monoisotopic (exact) mass is 471 g/mol. The highest BCUT2D eigenvalue weighted by Crippen LogP contribution is 2.27. The van der Waals surface area contributed by atoms with Gasteiger partial charge in [-0.2, -0.15) is 0 Å². The molecule has 3 N–H and O–H groups in total. The molecule has 2 rings (SSSR count). The molecule has 0 heterocycles. The van der Waals surface area contributed by atoms with Crippen molar-refractivity contribution in [2.45, 2.75) is 20.0 Å². The first-order valence-corrected chi connectivity index (χ1v) is 7.95. The smallest absolute Gasteiger partial charge is 0.189 e. The van der Waals surface area contributed by atoms with Crippen LogP contribution >= 0.6 is 24.0 Å². The van der Waals surface area contributed by atoms with Gasteiger partial charge in [0.05, 0.1) is 27.9 Å². The van der Waals surface area contributed by atoms with E-state index in [2.05, 4.69) is 16.4 Å². The molecule has 0 amide bonds. The third kappa shape index (κ3) is 6.29. The number of hydrogen-bond donors (Lipinski definition) is 2. The molecular formula is C19H26IN3O3. The molecule has 0 fully saturated rings. The summed E-state index contributed by atoms with van der Waals surface area (Å²) in [5, 5.41) is 3.10. The van der Waals surface area contributed by atoms with Crippen molar-refractivity contribution in [2.75, 3.05) is 21.3 Å². The second-order valence-electron chi connectivity index (χ2n) is 5.60. The first kappa shape index (κ1) is 21.9. The van der Waals surface area contributed by atoms with Gasteiger partial charge < -0.3 is 25.3 Å². The van der Waals surface area contributed by atoms with Crippen LogP contribution in [-0.4, -0.2) is 27.3 Å². The third-order valence-corrected chi connectivity index (χ3v) is 3.70. The molecule has 2 aromatic rings. The Hall–Kier alpha value is -2.16. The highest BCUT2D eigenvalue weighted by atomic mass is 127. The zero-order valence-electron chi connectivity index (χ0n) is 15.5. The number of rotatable bonds is 7. The Labute approximate surface area is 171 Å². The van der Waals surface area contributed by atoms with Crippen LogP contribution in [0.25, 0.3) is 0 Å². The molecule has 0 spiro atoms. The lowest BCUT2D eigenvalue weighted by atomic mass is 10.1. The lowest BCUT2D eigenvalue weighted by molar-refractivity contribution is 0.354. The Morgan fingerprint density at radius 3 is 2.35 bits per heavy atom. The van der Waals surface area contributed by atoms with E-state index < -0.39 is 0 Å². The van der Waals surface area contributed by atoms with Crippen LogP contribution in [0.1, 0.15) is 16.7 Å². The highest BCUT2D eigenvalue weighted by Gasteiger charge is 2.05. The molecule has 0 saturated carbocycles. The molecule has 26 heavy (non-hydrogen) atoms. The van der Waals surface area contributed by atoms with Gasteiger partial charge in [0.1, 0.15) is 5.75 Å². The first-order chi connectivity index (χ1) is 12.0. The van der Waals surface area contributed by atoms with Gasteiger partial charge in [0.15, 0.2) is 17.5 Å². The Bertz CT molecular complexity index is 751. The number of aryl methyl sites for hydroxylation is 1. The topological polar surface area (TPSA) is 78.1 Å². The van der Waals surface area contributed by atoms with Gasteiger partial charge in [-0.25, -0.2) is 4.99 Å². The molecule has 0 saturated heterocycles. The Morgan fingerprint density at radius 2 is 1.69 bits per heavy atom. The maximum absolute atomic E-state index is 5.96. The Kier molecular flexibility index (Phi) is 9.04. The van der Waals surface area contributed by atoms with Gasteiger partial charge in [0.25, 0.3) is 0 Å². The van der Waals surface area contributed by atoms with Crippen LogP contribution in [0.5, 0.6) is 17.2 Å². The van der Waals surface area contributed by atoms with E-state index in [4.69, 9.17) is 19.9 Å². The van der Waals surface area contributed by atoms with E-state index in [1.165, 1.54) is 0 Å². The molecule has 6 nitrogen and oxygen atoms in total. The number of hydrogen-bond acceptors (Lipinski definition) is 4. The van der Waals surface area contributed by atoms with Gasteiger partial charge >= 0.3 is 0 Å². The summed E-state index contributed by atoms with van der Waals surface area (Å²) >= 11 is 0. The van der Waals surface area contributed by atoms with E-state index in [9.17, 15) is 0 Å². The summed E-state index contributed by atoms with van der Waals surface area (Å²) in [5.74, 6) is 2.59. The molecule has 7 heteroatoms. The van der Waals surface area contributed by atoms with Gasteiger partial charge in [-0.1, -0.05) is 12.1 Å². The van der Waals surface area contributed by atoms with Crippen LogP contribution in [0, 0.1) is 6.92 Å². The normalized spacial score (nSPS) is 10.7. The van der Waals surface area contributed by atoms with Crippen molar-refractivity contribution in [3.05, 3.63) is 53.1 Å². The van der Waals surface area contributed by atoms with E-state index >= 15 is 0 Å². The van der Waals surface area contributed by atoms with Gasteiger partial charge in [-0.3, -0.25) is 0 Å². The quantitative estimate of drug-likeness (QED) is 0.369. The second-order valence-corrected chi connectivity index (χ2v) is 5.60. The lowest BCUT2D eigenvalue weighted by Crippen LogP contribution is -2.31. The summed E-state index contributed by atoms with van der Waals surface area (Å²) in [6.45, 7) is 3.06. The van der Waals surface area contributed by atoms with Crippen molar-refractivity contribution < 1.29 is 14.2 Å². The molecular weight excluding hydrogens is 445 g/mol. The molecule has 0 aliphatic heterocycles. The Balaban J connectivity index is 0.00000338. The number of methoxy groups -OCH3 is 3. The van der Waals surface area contributed by atoms with E-state index in [1.54, 1.807) is 21.3 Å². The fourth-order valence-corrected chi connectivity index (χ4v) is 2.45. The standard InChI is InChI=1S/C19H25N3O3.HI/c1-13-7-15(9-16(8-13)23-2)12-22-19(20)21-11-14-5-6-17(24-3)18(10-14)25-4;/h5-10H,11-12H2,1-4H3,(H3,20,21,22);1H. The Morgan fingerprint density at radius 1 is 0.962 bits per heavy atom. The number of benzene rings is 2. The third-order valence-electron chi connectivity index (χ3n) is 3.70. The first-order valence-electron chi connectivity index (χ1n) is 7.95. The molecule has 0 radical (unpaired) electrons. The molecule has 0 aromatic heterocycles. The van der Waals surface area contributed by atoms with E-state index in [0.717, 1.165) is 22.4 Å². The van der Waals surface area contributed by atoms with Crippen LogP contribution in [0.4, 0.5) is 0 Å². The predicted octanol–water partition coefficient (Wildman–Crippen LogP) is 3.24. The van der Waals surface area contributed by atoms with Crippen LogP contribution in [-0.2, 0) is 13.1 Å². The number of nitrogens with one attached hydrogen (secondary N) is 1. The van der Waals surface area contributed by atoms with Crippen molar-refractivity contribution in [2.24, 2.45) is 10.7 Å². The molecule has 0 unspecified atom stereocenters. The molecule has 0 aliphatic rings. The summed E-state index contributed by atoms with van der Waals surface area (Å²) in [6, 6.07) is 11.7. The van der Waals surface area contributed by atoms with E-state index in [1.807, 2.05) is 37.3 Å². The second kappa shape index (κ2) is 10.7. The minimum absolute atomic E-state index is 0. The minimum atomic E-state index is 0. The van der Waals surface area contributed by atoms with Crippen molar-refractivity contribution in [3.8, 4) is 17.2 Å². The lowest BCUT2D eigenvalue weighted by Gasteiger charge is -2.11. The molecule has 0 bridgehead atoms. The predicted molar refractivity (Wildman–Crippen MR) is 115 cm³/mol. The van der Waals surface area contributed by atoms with Crippen LogP contribution in [0.15, 0.2) is 41.4 Å². The maximum atomic E-state index is 5.96. The molecule has 0 aliphatic carbocycles. The number of aliphatic imine (C=N–C) groups is 1. The number of ether oxygens (including phenoxy) is 3. The van der Waals surface area contributed by atoms with Crippen LogP contribution in [0.3, 0.4) is 0 Å². The summed E-state index contributed by atoms with van der Waals surface area (Å²) in [7, 11) is 4.88. The number of guanidine groups is 1. The zero-order valence-corrected chi connectivity index (χ0v) is 17.9. The van der Waals surface area contributed by atoms with E-state index in [-0.39, 0.29) is 24.0 Å². The summed E-state index contributed by atoms with van der Waals surface area (Å²) < 4.78 is 15.8. The molecule has 0 atom stereocenters. The van der Waals surface area contributed by atoms with E-state index in [0.29, 0.717) is 30.5 Å². The molecule has 2 aromatic carbocycles. The summed E-state index contributed by atoms with van der Waals surface area (Å²) in [5.41, 5.74) is 9.15. The van der Waals surface area contributed by atoms with Crippen molar-refractivity contribution in [1.29, 1.82) is 0 Å². The van der Waals surface area contributed by atoms with Crippen molar-refractivity contribution in [3.63, 3.8) is 0 Å². The van der Waals surface area contributed by atoms with Gasteiger partial charge in [-0.05, 0) is 47.9 Å². The summed E-state index contributed by atoms with van der Waals surface area (Å²) in [4.78, 5) is 4.37. The zero-order chi connectivity index (χ0) is 18.2. The number of nitrogens with zero attached hydrogens (tertiary/aromatic N) is 1. The van der Waals surface area contributed by atoms with Gasteiger partial charge in [0.2, 0.25) is 0 Å². The van der Waals surface area contributed by atoms with Crippen molar-refractivity contribution >= 4 is 29.9 Å². The van der Waals surface area contributed by atoms with Crippen LogP contribution < -0.4 is 25.3 Å². The average molecular weight is 471 g/mol. The SMILES string of the molecule is COc1cc(C)cc(CN=C(N)NCc2ccc(OC)c(OC)c2)c1.I. The van der Waals surface area contributed by atoms with Crippen molar-refractivity contribution in [1.82, 2.24) is 5.32 Å². The maximum Gasteiger partial charge on any atom is 0.189 e. The largest absolute Gasteiger partial charge is 0.497 e. The van der Waals surface area contributed by atoms with Crippen LogP contribution in [0.2, 0.25) is 0 Å². The summed E-state index contributed by atoms with van der Waals surface area (Å²) in [6.07, 6.45) is 0. The van der Waals surface area contributed by atoms with Gasteiger partial charge in [0, 0.05) is 6.54 Å². The van der Waals surface area contributed by atoms with Gasteiger partial charge in [-0.15, -0.1) is 24.0 Å². The average Bonchev–Trinajstić information content (AvgIpc) is 2.63. The number of halogens is 1. The fourth-order valence-electron chi connectivity index (χ4n) is 2.45. The minimum Gasteiger partial charge on any atom is -0.497 e.